The summed E-state index contributed by atoms with van der Waals surface area (Å²) in [6, 6.07) is 10.5. The molecular formula is C27H23BrCl2N4O7. The van der Waals surface area contributed by atoms with Crippen molar-refractivity contribution in [2.75, 3.05) is 19.7 Å². The van der Waals surface area contributed by atoms with Crippen LogP contribution in [-0.4, -0.2) is 65.2 Å². The molecule has 0 bridgehead atoms. The number of amides is 2. The highest BCUT2D eigenvalue weighted by atomic mass is 79.9. The van der Waals surface area contributed by atoms with Gasteiger partial charge in [0.1, 0.15) is 0 Å². The zero-order valence-electron chi connectivity index (χ0n) is 21.7. The number of nitrogens with zero attached hydrogens (tertiary/aromatic N) is 4. The summed E-state index contributed by atoms with van der Waals surface area (Å²) in [5.41, 5.74) is -0.103. The molecule has 1 saturated heterocycles. The van der Waals surface area contributed by atoms with Crippen LogP contribution in [0.15, 0.2) is 63.7 Å². The number of phenols is 1. The highest BCUT2D eigenvalue weighted by Gasteiger charge is 2.75. The first-order valence-corrected chi connectivity index (χ1v) is 14.4. The van der Waals surface area contributed by atoms with Crippen molar-refractivity contribution in [3.63, 3.8) is 0 Å². The topological polar surface area (TPSA) is 125 Å². The van der Waals surface area contributed by atoms with Gasteiger partial charge < -0.3 is 14.6 Å². The Morgan fingerprint density at radius 3 is 2.22 bits per heavy atom. The van der Waals surface area contributed by atoms with Gasteiger partial charge in [0.2, 0.25) is 5.75 Å². The lowest BCUT2D eigenvalue weighted by atomic mass is 9.64. The molecular weight excluding hydrogens is 643 g/mol. The molecule has 1 aliphatic carbocycles. The Morgan fingerprint density at radius 2 is 1.63 bits per heavy atom. The Kier molecular flexibility index (Phi) is 6.44. The van der Waals surface area contributed by atoms with Gasteiger partial charge in [-0.1, -0.05) is 40.2 Å². The Hall–Kier alpha value is -3.48. The quantitative estimate of drug-likeness (QED) is 0.192. The van der Waals surface area contributed by atoms with E-state index in [2.05, 4.69) is 15.9 Å². The minimum atomic E-state index is -2.02. The number of para-hydroxylation sites is 1. The van der Waals surface area contributed by atoms with Crippen molar-refractivity contribution in [3.05, 3.63) is 80.6 Å². The Bertz CT molecular complexity index is 1740. The number of carbonyl (C=O) groups is 2. The minimum absolute atomic E-state index is 0.00482. The van der Waals surface area contributed by atoms with Crippen LogP contribution in [0.3, 0.4) is 0 Å². The molecule has 0 radical (unpaired) electrons. The summed E-state index contributed by atoms with van der Waals surface area (Å²) >= 11 is 17.6. The summed E-state index contributed by atoms with van der Waals surface area (Å²) in [7, 11) is 2.71. The van der Waals surface area contributed by atoms with Gasteiger partial charge >= 0.3 is 11.4 Å². The van der Waals surface area contributed by atoms with Crippen molar-refractivity contribution < 1.29 is 24.2 Å². The number of hydrogen-bond acceptors (Lipinski definition) is 7. The number of aromatic hydroxyl groups is 1. The van der Waals surface area contributed by atoms with Crippen LogP contribution in [-0.2, 0) is 16.1 Å². The highest BCUT2D eigenvalue weighted by molar-refractivity contribution is 9.09. The maximum atomic E-state index is 13.9. The van der Waals surface area contributed by atoms with Gasteiger partial charge in [0.25, 0.3) is 11.8 Å². The molecule has 11 nitrogen and oxygen atoms in total. The van der Waals surface area contributed by atoms with Crippen LogP contribution in [0.25, 0.3) is 5.69 Å². The van der Waals surface area contributed by atoms with Crippen molar-refractivity contribution in [1.29, 1.82) is 0 Å². The van der Waals surface area contributed by atoms with Gasteiger partial charge in [0.15, 0.2) is 21.2 Å². The van der Waals surface area contributed by atoms with E-state index in [9.17, 15) is 24.3 Å². The second-order valence-electron chi connectivity index (χ2n) is 9.96. The number of imide groups is 1. The van der Waals surface area contributed by atoms with Gasteiger partial charge in [-0.15, -0.1) is 23.2 Å². The van der Waals surface area contributed by atoms with Crippen LogP contribution < -0.4 is 20.9 Å². The van der Waals surface area contributed by atoms with E-state index >= 15 is 0 Å². The molecule has 1 N–H and O–H groups in total. The molecule has 0 spiro atoms. The van der Waals surface area contributed by atoms with E-state index in [1.54, 1.807) is 36.4 Å². The summed E-state index contributed by atoms with van der Waals surface area (Å²) in [6.07, 6.45) is 1.49. The van der Waals surface area contributed by atoms with Gasteiger partial charge in [-0.2, -0.15) is 0 Å². The summed E-state index contributed by atoms with van der Waals surface area (Å²) < 4.78 is 14.3. The normalized spacial score (nSPS) is 26.8. The number of allylic oxidation sites excluding steroid dienone is 2. The number of fused-ring (bicyclic) bond motifs is 4. The molecule has 3 heterocycles. The fraction of sp³-hybridized carbons (Fsp3) is 0.333. The Balaban J connectivity index is 1.64. The molecule has 214 valence electrons. The van der Waals surface area contributed by atoms with E-state index in [1.165, 1.54) is 35.7 Å². The lowest BCUT2D eigenvalue weighted by Gasteiger charge is -2.49. The number of phenolic OH excluding ortho intramolecular Hbond substituents is 1. The van der Waals surface area contributed by atoms with Crippen LogP contribution in [0.2, 0.25) is 0 Å². The molecule has 2 aliphatic heterocycles. The monoisotopic (exact) mass is 664 g/mol. The predicted molar refractivity (Wildman–Crippen MR) is 153 cm³/mol. The Labute approximate surface area is 251 Å². The molecule has 2 fully saturated rings. The first-order chi connectivity index (χ1) is 19.5. The van der Waals surface area contributed by atoms with Crippen molar-refractivity contribution in [2.24, 2.45) is 0 Å². The van der Waals surface area contributed by atoms with E-state index in [0.29, 0.717) is 16.8 Å². The van der Waals surface area contributed by atoms with E-state index in [0.717, 1.165) is 9.47 Å². The smallest absolute Gasteiger partial charge is 0.352 e. The van der Waals surface area contributed by atoms with Gasteiger partial charge in [-0.25, -0.2) is 23.5 Å². The lowest BCUT2D eigenvalue weighted by Crippen LogP contribution is -2.59. The second kappa shape index (κ2) is 9.53. The summed E-state index contributed by atoms with van der Waals surface area (Å²) in [6.45, 7) is -0.00482. The average molecular weight is 666 g/mol. The maximum Gasteiger partial charge on any atom is 0.352 e. The zero-order valence-corrected chi connectivity index (χ0v) is 24.8. The standard InChI is InChI=1S/C27H23BrCl2N4O7/c1-40-18-10-14(11-19(41-2)21(18)35)20-16-8-9-32-24(38)33(15-6-4-3-5-7-15)25(39)34(32)17(16)12-26(29)22(36)31(13-28)23(37)27(20,26)30/h3-8,10-11,17,20,35H,9,12-13H2,1-2H3. The van der Waals surface area contributed by atoms with E-state index in [1.807, 2.05) is 0 Å². The maximum absolute atomic E-state index is 13.9. The SMILES string of the molecule is COc1cc(C2C3=CCn4c(=O)n(-c5ccccc5)c(=O)n4C3CC3(Cl)C(=O)N(CBr)C(=O)C23Cl)cc(OC)c1O. The van der Waals surface area contributed by atoms with Gasteiger partial charge in [0, 0.05) is 12.3 Å². The molecule has 1 saturated carbocycles. The number of ether oxygens (including phenoxy) is 2. The molecule has 4 unspecified atom stereocenters. The number of methoxy groups -OCH3 is 2. The molecule has 3 aromatic rings. The van der Waals surface area contributed by atoms with Crippen molar-refractivity contribution >= 4 is 50.9 Å². The summed E-state index contributed by atoms with van der Waals surface area (Å²) in [5.74, 6) is -2.73. The van der Waals surface area contributed by atoms with Crippen molar-refractivity contribution in [3.8, 4) is 22.9 Å². The van der Waals surface area contributed by atoms with Crippen LogP contribution in [0.4, 0.5) is 0 Å². The molecule has 4 atom stereocenters. The van der Waals surface area contributed by atoms with Crippen molar-refractivity contribution in [2.45, 2.75) is 34.7 Å². The third kappa shape index (κ3) is 3.50. The molecule has 14 heteroatoms. The van der Waals surface area contributed by atoms with Crippen LogP contribution in [0.1, 0.15) is 23.9 Å². The summed E-state index contributed by atoms with van der Waals surface area (Å²) in [5, 5.41) is 10.6. The number of alkyl halides is 3. The zero-order chi connectivity index (χ0) is 29.4. The number of rotatable bonds is 5. The van der Waals surface area contributed by atoms with E-state index in [-0.39, 0.29) is 35.7 Å². The number of hydrogen-bond donors (Lipinski definition) is 1. The van der Waals surface area contributed by atoms with Crippen LogP contribution in [0.5, 0.6) is 17.2 Å². The van der Waals surface area contributed by atoms with Crippen LogP contribution in [0, 0.1) is 0 Å². The van der Waals surface area contributed by atoms with Gasteiger partial charge in [-0.3, -0.25) is 14.5 Å². The molecule has 3 aliphatic rings. The van der Waals surface area contributed by atoms with Gasteiger partial charge in [-0.05, 0) is 35.4 Å². The third-order valence-electron chi connectivity index (χ3n) is 8.13. The van der Waals surface area contributed by atoms with E-state index < -0.39 is 44.9 Å². The number of aromatic nitrogens is 3. The average Bonchev–Trinajstić information content (AvgIpc) is 3.31. The number of halogens is 3. The molecule has 41 heavy (non-hydrogen) atoms. The predicted octanol–water partition coefficient (Wildman–Crippen LogP) is 2.87. The summed E-state index contributed by atoms with van der Waals surface area (Å²) in [4.78, 5) is 51.9. The van der Waals surface area contributed by atoms with E-state index in [4.69, 9.17) is 32.7 Å². The first kappa shape index (κ1) is 27.7. The van der Waals surface area contributed by atoms with Crippen molar-refractivity contribution in [1.82, 2.24) is 18.8 Å². The largest absolute Gasteiger partial charge is 0.502 e. The molecule has 2 amide bonds. The third-order valence-corrected chi connectivity index (χ3v) is 10.0. The fourth-order valence-corrected chi connectivity index (χ4v) is 7.67. The number of likely N-dealkylation sites (tertiary alicyclic amines) is 1. The first-order valence-electron chi connectivity index (χ1n) is 12.5. The molecule has 6 rings (SSSR count). The number of carbonyl (C=O) groups excluding carboxylic acids is 2. The van der Waals surface area contributed by atoms with Crippen LogP contribution >= 0.6 is 39.1 Å². The van der Waals surface area contributed by atoms with Gasteiger partial charge in [0.05, 0.1) is 37.9 Å². The molecule has 1 aromatic heterocycles. The second-order valence-corrected chi connectivity index (χ2v) is 11.7. The highest BCUT2D eigenvalue weighted by Crippen LogP contribution is 2.64. The lowest BCUT2D eigenvalue weighted by molar-refractivity contribution is -0.138. The Morgan fingerprint density at radius 1 is 1.00 bits per heavy atom. The minimum Gasteiger partial charge on any atom is -0.502 e. The molecule has 2 aromatic carbocycles. The number of benzene rings is 2. The fourth-order valence-electron chi connectivity index (χ4n) is 6.27.